The first-order valence-electron chi connectivity index (χ1n) is 10.5. The van der Waals surface area contributed by atoms with Gasteiger partial charge in [0.05, 0.1) is 6.10 Å². The Morgan fingerprint density at radius 2 is 1.83 bits per heavy atom. The number of amides is 1. The number of guanidine groups is 1. The van der Waals surface area contributed by atoms with Crippen molar-refractivity contribution >= 4 is 11.9 Å². The van der Waals surface area contributed by atoms with E-state index in [0.717, 1.165) is 37.5 Å². The standard InChI is InChI=1S/C24H32N4O2/c1-25-24(26-16-18-11-13-20(14-12-18)23(29)28(2)3)27-17-21-10-7-15-30-22(21)19-8-5-4-6-9-19/h4-6,8-9,11-14,21-22H,7,10,15-17H2,1-3H3,(H2,25,26,27). The summed E-state index contributed by atoms with van der Waals surface area (Å²) >= 11 is 0. The van der Waals surface area contributed by atoms with Crippen LogP contribution in [0.1, 0.15) is 40.4 Å². The number of carbonyl (C=O) groups excluding carboxylic acids is 1. The minimum atomic E-state index is 0.00894. The average Bonchev–Trinajstić information content (AvgIpc) is 2.80. The number of ether oxygens (including phenoxy) is 1. The maximum absolute atomic E-state index is 12.0. The van der Waals surface area contributed by atoms with E-state index in [0.29, 0.717) is 18.0 Å². The minimum absolute atomic E-state index is 0.00894. The highest BCUT2D eigenvalue weighted by Crippen LogP contribution is 2.33. The fraction of sp³-hybridized carbons (Fsp3) is 0.417. The molecule has 2 aromatic carbocycles. The lowest BCUT2D eigenvalue weighted by atomic mass is 9.89. The Bertz CT molecular complexity index is 834. The van der Waals surface area contributed by atoms with Gasteiger partial charge in [-0.1, -0.05) is 42.5 Å². The maximum Gasteiger partial charge on any atom is 0.253 e. The molecule has 1 heterocycles. The van der Waals surface area contributed by atoms with Crippen LogP contribution in [0.3, 0.4) is 0 Å². The van der Waals surface area contributed by atoms with E-state index < -0.39 is 0 Å². The SMILES string of the molecule is CN=C(NCc1ccc(C(=O)N(C)C)cc1)NCC1CCCOC1c1ccccc1. The molecule has 2 aromatic rings. The van der Waals surface area contributed by atoms with Crippen LogP contribution < -0.4 is 10.6 Å². The molecule has 2 N–H and O–H groups in total. The zero-order valence-corrected chi connectivity index (χ0v) is 18.1. The number of nitrogens with one attached hydrogen (secondary N) is 2. The lowest BCUT2D eigenvalue weighted by molar-refractivity contribution is -0.0265. The molecule has 1 amide bonds. The summed E-state index contributed by atoms with van der Waals surface area (Å²) in [4.78, 5) is 17.9. The van der Waals surface area contributed by atoms with Crippen molar-refractivity contribution in [2.45, 2.75) is 25.5 Å². The summed E-state index contributed by atoms with van der Waals surface area (Å²) in [5, 5.41) is 6.81. The fourth-order valence-electron chi connectivity index (χ4n) is 3.72. The van der Waals surface area contributed by atoms with Crippen LogP contribution >= 0.6 is 0 Å². The smallest absolute Gasteiger partial charge is 0.253 e. The number of carbonyl (C=O) groups is 1. The van der Waals surface area contributed by atoms with Crippen LogP contribution in [0.15, 0.2) is 59.6 Å². The number of nitrogens with zero attached hydrogens (tertiary/aromatic N) is 2. The Hall–Kier alpha value is -2.86. The van der Waals surface area contributed by atoms with E-state index in [1.54, 1.807) is 26.0 Å². The van der Waals surface area contributed by atoms with Gasteiger partial charge in [-0.2, -0.15) is 0 Å². The van der Waals surface area contributed by atoms with Gasteiger partial charge in [-0.3, -0.25) is 9.79 Å². The second-order valence-electron chi connectivity index (χ2n) is 7.81. The monoisotopic (exact) mass is 408 g/mol. The largest absolute Gasteiger partial charge is 0.373 e. The van der Waals surface area contributed by atoms with Crippen LogP contribution in [0.2, 0.25) is 0 Å². The fourth-order valence-corrected chi connectivity index (χ4v) is 3.72. The summed E-state index contributed by atoms with van der Waals surface area (Å²) in [6.45, 7) is 2.25. The summed E-state index contributed by atoms with van der Waals surface area (Å²) in [7, 11) is 5.29. The van der Waals surface area contributed by atoms with E-state index in [4.69, 9.17) is 4.74 Å². The highest BCUT2D eigenvalue weighted by Gasteiger charge is 2.27. The molecule has 0 aromatic heterocycles. The molecule has 6 nitrogen and oxygen atoms in total. The van der Waals surface area contributed by atoms with Gasteiger partial charge in [0.2, 0.25) is 0 Å². The highest BCUT2D eigenvalue weighted by atomic mass is 16.5. The van der Waals surface area contributed by atoms with Crippen LogP contribution in [0.4, 0.5) is 0 Å². The van der Waals surface area contributed by atoms with Gasteiger partial charge < -0.3 is 20.3 Å². The van der Waals surface area contributed by atoms with Crippen molar-refractivity contribution < 1.29 is 9.53 Å². The summed E-state index contributed by atoms with van der Waals surface area (Å²) in [5.74, 6) is 1.17. The zero-order chi connectivity index (χ0) is 21.3. The summed E-state index contributed by atoms with van der Waals surface area (Å²) in [5.41, 5.74) is 3.02. The third kappa shape index (κ3) is 5.83. The Labute approximate surface area is 179 Å². The molecule has 0 radical (unpaired) electrons. The van der Waals surface area contributed by atoms with Gasteiger partial charge in [-0.25, -0.2) is 0 Å². The van der Waals surface area contributed by atoms with Crippen LogP contribution in [0.25, 0.3) is 0 Å². The topological polar surface area (TPSA) is 66.0 Å². The molecule has 3 rings (SSSR count). The third-order valence-corrected chi connectivity index (χ3v) is 5.40. The molecule has 1 aliphatic rings. The predicted octanol–water partition coefficient (Wildman–Crippen LogP) is 3.22. The first-order valence-corrected chi connectivity index (χ1v) is 10.5. The molecule has 2 atom stereocenters. The molecular weight excluding hydrogens is 376 g/mol. The van der Waals surface area contributed by atoms with E-state index >= 15 is 0 Å². The first kappa shape index (κ1) is 21.8. The van der Waals surface area contributed by atoms with Gasteiger partial charge in [-0.05, 0) is 36.1 Å². The van der Waals surface area contributed by atoms with Crippen molar-refractivity contribution in [2.75, 3.05) is 34.3 Å². The summed E-state index contributed by atoms with van der Waals surface area (Å²) in [6, 6.07) is 18.1. The van der Waals surface area contributed by atoms with Gasteiger partial charge >= 0.3 is 0 Å². The lowest BCUT2D eigenvalue weighted by Gasteiger charge is -2.32. The van der Waals surface area contributed by atoms with Crippen molar-refractivity contribution in [3.63, 3.8) is 0 Å². The average molecular weight is 409 g/mol. The molecule has 30 heavy (non-hydrogen) atoms. The van der Waals surface area contributed by atoms with Gasteiger partial charge in [0, 0.05) is 52.3 Å². The maximum atomic E-state index is 12.0. The molecule has 1 aliphatic heterocycles. The van der Waals surface area contributed by atoms with Crippen molar-refractivity contribution in [3.8, 4) is 0 Å². The minimum Gasteiger partial charge on any atom is -0.373 e. The molecule has 6 heteroatoms. The molecule has 1 fully saturated rings. The van der Waals surface area contributed by atoms with Crippen LogP contribution in [-0.2, 0) is 11.3 Å². The molecule has 160 valence electrons. The number of benzene rings is 2. The van der Waals surface area contributed by atoms with Crippen molar-refractivity contribution in [2.24, 2.45) is 10.9 Å². The van der Waals surface area contributed by atoms with Crippen molar-refractivity contribution in [1.29, 1.82) is 0 Å². The number of hydrogen-bond donors (Lipinski definition) is 2. The Morgan fingerprint density at radius 1 is 1.10 bits per heavy atom. The normalized spacial score (nSPS) is 19.2. The second kappa shape index (κ2) is 10.8. The van der Waals surface area contributed by atoms with Crippen LogP contribution in [-0.4, -0.2) is 51.1 Å². The molecule has 0 spiro atoms. The lowest BCUT2D eigenvalue weighted by Crippen LogP contribution is -2.41. The summed E-state index contributed by atoms with van der Waals surface area (Å²) in [6.07, 6.45) is 2.33. The summed E-state index contributed by atoms with van der Waals surface area (Å²) < 4.78 is 6.09. The van der Waals surface area contributed by atoms with E-state index in [1.165, 1.54) is 5.56 Å². The molecular formula is C24H32N4O2. The van der Waals surface area contributed by atoms with Crippen molar-refractivity contribution in [3.05, 3.63) is 71.3 Å². The van der Waals surface area contributed by atoms with E-state index in [2.05, 4.69) is 39.9 Å². The highest BCUT2D eigenvalue weighted by molar-refractivity contribution is 5.93. The Kier molecular flexibility index (Phi) is 7.85. The number of hydrogen-bond acceptors (Lipinski definition) is 3. The second-order valence-corrected chi connectivity index (χ2v) is 7.81. The van der Waals surface area contributed by atoms with E-state index in [-0.39, 0.29) is 12.0 Å². The Balaban J connectivity index is 1.52. The van der Waals surface area contributed by atoms with E-state index in [1.807, 2.05) is 30.3 Å². The number of aliphatic imine (C=N–C) groups is 1. The third-order valence-electron chi connectivity index (χ3n) is 5.40. The molecule has 0 aliphatic carbocycles. The van der Waals surface area contributed by atoms with E-state index in [9.17, 15) is 4.79 Å². The van der Waals surface area contributed by atoms with Gasteiger partial charge in [0.1, 0.15) is 0 Å². The van der Waals surface area contributed by atoms with Gasteiger partial charge in [-0.15, -0.1) is 0 Å². The Morgan fingerprint density at radius 3 is 2.50 bits per heavy atom. The number of rotatable bonds is 6. The van der Waals surface area contributed by atoms with Gasteiger partial charge in [0.25, 0.3) is 5.91 Å². The van der Waals surface area contributed by atoms with Crippen molar-refractivity contribution in [1.82, 2.24) is 15.5 Å². The van der Waals surface area contributed by atoms with Gasteiger partial charge in [0.15, 0.2) is 5.96 Å². The van der Waals surface area contributed by atoms with Crippen LogP contribution in [0.5, 0.6) is 0 Å². The molecule has 0 saturated carbocycles. The molecule has 2 unspecified atom stereocenters. The zero-order valence-electron chi connectivity index (χ0n) is 18.1. The quantitative estimate of drug-likeness (QED) is 0.569. The molecule has 1 saturated heterocycles. The predicted molar refractivity (Wildman–Crippen MR) is 121 cm³/mol. The first-order chi connectivity index (χ1) is 14.6. The van der Waals surface area contributed by atoms with Crippen LogP contribution in [0, 0.1) is 5.92 Å². The molecule has 0 bridgehead atoms.